The molecule has 0 radical (unpaired) electrons. The summed E-state index contributed by atoms with van der Waals surface area (Å²) in [6.45, 7) is 0. The van der Waals surface area contributed by atoms with E-state index in [9.17, 15) is 9.18 Å². The molecule has 0 aliphatic heterocycles. The van der Waals surface area contributed by atoms with Crippen LogP contribution in [0.3, 0.4) is 0 Å². The molecule has 0 aromatic heterocycles. The van der Waals surface area contributed by atoms with Gasteiger partial charge in [0.05, 0.1) is 0 Å². The predicted molar refractivity (Wildman–Crippen MR) is 95.3 cm³/mol. The van der Waals surface area contributed by atoms with Crippen molar-refractivity contribution in [3.63, 3.8) is 0 Å². The minimum atomic E-state index is -0.445. The molecule has 26 heavy (non-hydrogen) atoms. The van der Waals surface area contributed by atoms with Gasteiger partial charge in [0.15, 0.2) is 11.6 Å². The Morgan fingerprint density at radius 2 is 1.62 bits per heavy atom. The third-order valence-corrected chi connectivity index (χ3v) is 3.70. The predicted octanol–water partition coefficient (Wildman–Crippen LogP) is 3.94. The molecule has 0 atom stereocenters. The van der Waals surface area contributed by atoms with E-state index in [1.807, 2.05) is 18.2 Å². The Bertz CT molecular complexity index is 955. The summed E-state index contributed by atoms with van der Waals surface area (Å²) in [5.74, 6) is -0.0356. The second-order valence-corrected chi connectivity index (χ2v) is 5.44. The van der Waals surface area contributed by atoms with Crippen LogP contribution in [0.15, 0.2) is 78.0 Å². The van der Waals surface area contributed by atoms with Gasteiger partial charge in [-0.2, -0.15) is 0 Å². The van der Waals surface area contributed by atoms with Crippen LogP contribution in [0.5, 0.6) is 11.5 Å². The molecule has 3 aromatic carbocycles. The van der Waals surface area contributed by atoms with Gasteiger partial charge in [-0.1, -0.05) is 23.4 Å². The summed E-state index contributed by atoms with van der Waals surface area (Å²) < 4.78 is 18.9. The van der Waals surface area contributed by atoms with E-state index in [0.29, 0.717) is 11.5 Å². The molecule has 6 heteroatoms. The van der Waals surface area contributed by atoms with Gasteiger partial charge in [0.1, 0.15) is 17.3 Å². The zero-order valence-electron chi connectivity index (χ0n) is 13.6. The first-order valence-electron chi connectivity index (χ1n) is 7.73. The minimum Gasteiger partial charge on any atom is -0.457 e. The number of para-hydroxylation sites is 1. The summed E-state index contributed by atoms with van der Waals surface area (Å²) >= 11 is 0. The van der Waals surface area contributed by atoms with Gasteiger partial charge in [0.25, 0.3) is 0 Å². The lowest BCUT2D eigenvalue weighted by Crippen LogP contribution is -2.18. The summed E-state index contributed by atoms with van der Waals surface area (Å²) in [7, 11) is 0. The van der Waals surface area contributed by atoms with Crippen LogP contribution >= 0.6 is 0 Å². The lowest BCUT2D eigenvalue weighted by Gasteiger charge is -2.11. The van der Waals surface area contributed by atoms with Gasteiger partial charge >= 0.3 is 0 Å². The maximum atomic E-state index is 13.1. The van der Waals surface area contributed by atoms with Gasteiger partial charge in [-0.25, -0.2) is 4.39 Å². The monoisotopic (exact) mass is 350 g/mol. The number of nitrogens with two attached hydrogens (primary N) is 1. The van der Waals surface area contributed by atoms with Crippen LogP contribution < -0.4 is 10.5 Å². The van der Waals surface area contributed by atoms with Crippen molar-refractivity contribution in [3.8, 4) is 11.5 Å². The fraction of sp³-hybridized carbons (Fsp3) is 0. The molecule has 5 nitrogen and oxygen atoms in total. The molecule has 0 amide bonds. The van der Waals surface area contributed by atoms with E-state index in [1.54, 1.807) is 18.2 Å². The number of rotatable bonds is 5. The van der Waals surface area contributed by atoms with E-state index in [-0.39, 0.29) is 22.5 Å². The minimum absolute atomic E-state index is 0.181. The van der Waals surface area contributed by atoms with E-state index < -0.39 is 11.6 Å². The smallest absolute Gasteiger partial charge is 0.193 e. The quantitative estimate of drug-likeness (QED) is 0.240. The number of hydrogen-bond acceptors (Lipinski definition) is 4. The number of nitrogens with zero attached hydrogens (tertiary/aromatic N) is 1. The normalized spacial score (nSPS) is 11.2. The lowest BCUT2D eigenvalue weighted by molar-refractivity contribution is 0.103. The van der Waals surface area contributed by atoms with E-state index >= 15 is 0 Å². The Labute approximate surface area is 149 Å². The van der Waals surface area contributed by atoms with E-state index in [1.165, 1.54) is 36.4 Å². The third-order valence-electron chi connectivity index (χ3n) is 3.70. The Morgan fingerprint density at radius 1 is 0.923 bits per heavy atom. The largest absolute Gasteiger partial charge is 0.457 e. The van der Waals surface area contributed by atoms with Crippen molar-refractivity contribution in [2.45, 2.75) is 0 Å². The first-order chi connectivity index (χ1) is 12.6. The maximum Gasteiger partial charge on any atom is 0.193 e. The number of ketones is 1. The van der Waals surface area contributed by atoms with Crippen molar-refractivity contribution in [2.24, 2.45) is 10.9 Å². The van der Waals surface area contributed by atoms with Crippen molar-refractivity contribution in [2.75, 3.05) is 0 Å². The standard InChI is InChI=1S/C20H15FN2O3/c21-14-8-6-13(7-9-14)19(24)18-12-16(10-11-17(18)20(22)23-25)26-15-4-2-1-3-5-15/h1-12,25H,(H2,22,23). The van der Waals surface area contributed by atoms with Gasteiger partial charge in [-0.3, -0.25) is 4.79 Å². The molecular weight excluding hydrogens is 335 g/mol. The molecule has 0 fully saturated rings. The Kier molecular flexibility index (Phi) is 4.94. The molecule has 0 aliphatic carbocycles. The molecule has 0 unspecified atom stereocenters. The van der Waals surface area contributed by atoms with Crippen LogP contribution in [0.2, 0.25) is 0 Å². The summed E-state index contributed by atoms with van der Waals surface area (Å²) in [5.41, 5.74) is 6.39. The number of oxime groups is 1. The fourth-order valence-electron chi connectivity index (χ4n) is 2.43. The topological polar surface area (TPSA) is 84.9 Å². The number of ether oxygens (including phenoxy) is 1. The van der Waals surface area contributed by atoms with Crippen molar-refractivity contribution in [1.82, 2.24) is 0 Å². The van der Waals surface area contributed by atoms with E-state index in [2.05, 4.69) is 5.16 Å². The number of carbonyl (C=O) groups is 1. The first-order valence-corrected chi connectivity index (χ1v) is 7.73. The SMILES string of the molecule is N/C(=N\O)c1ccc(Oc2ccccc2)cc1C(=O)c1ccc(F)cc1. The van der Waals surface area contributed by atoms with Gasteiger partial charge in [0, 0.05) is 16.7 Å². The third kappa shape index (κ3) is 3.70. The molecule has 0 saturated carbocycles. The van der Waals surface area contributed by atoms with Gasteiger partial charge in [-0.15, -0.1) is 0 Å². The summed E-state index contributed by atoms with van der Waals surface area (Å²) in [6.07, 6.45) is 0. The van der Waals surface area contributed by atoms with Crippen LogP contribution in [0.4, 0.5) is 4.39 Å². The number of carbonyl (C=O) groups excluding carboxylic acids is 1. The number of benzene rings is 3. The van der Waals surface area contributed by atoms with Gasteiger partial charge in [-0.05, 0) is 54.6 Å². The molecule has 0 bridgehead atoms. The first kappa shape index (κ1) is 17.2. The van der Waals surface area contributed by atoms with Crippen molar-refractivity contribution >= 4 is 11.6 Å². The highest BCUT2D eigenvalue weighted by molar-refractivity contribution is 6.16. The van der Waals surface area contributed by atoms with Crippen LogP contribution in [0.25, 0.3) is 0 Å². The highest BCUT2D eigenvalue weighted by atomic mass is 19.1. The maximum absolute atomic E-state index is 13.1. The average molecular weight is 350 g/mol. The number of hydrogen-bond donors (Lipinski definition) is 2. The molecule has 3 N–H and O–H groups in total. The molecule has 3 rings (SSSR count). The fourth-order valence-corrected chi connectivity index (χ4v) is 2.43. The van der Waals surface area contributed by atoms with Crippen LogP contribution in [0.1, 0.15) is 21.5 Å². The Morgan fingerprint density at radius 3 is 2.27 bits per heavy atom. The van der Waals surface area contributed by atoms with E-state index in [4.69, 9.17) is 15.7 Å². The second-order valence-electron chi connectivity index (χ2n) is 5.44. The average Bonchev–Trinajstić information content (AvgIpc) is 2.68. The highest BCUT2D eigenvalue weighted by Crippen LogP contribution is 2.25. The highest BCUT2D eigenvalue weighted by Gasteiger charge is 2.18. The van der Waals surface area contributed by atoms with Crippen LogP contribution in [-0.4, -0.2) is 16.8 Å². The van der Waals surface area contributed by atoms with E-state index in [0.717, 1.165) is 0 Å². The summed E-state index contributed by atoms with van der Waals surface area (Å²) in [6, 6.07) is 18.8. The van der Waals surface area contributed by atoms with Crippen molar-refractivity contribution < 1.29 is 19.1 Å². The van der Waals surface area contributed by atoms with Crippen LogP contribution in [-0.2, 0) is 0 Å². The van der Waals surface area contributed by atoms with Crippen molar-refractivity contribution in [1.29, 1.82) is 0 Å². The van der Waals surface area contributed by atoms with Gasteiger partial charge < -0.3 is 15.7 Å². The Hall–Kier alpha value is -3.67. The zero-order chi connectivity index (χ0) is 18.5. The molecule has 3 aromatic rings. The van der Waals surface area contributed by atoms with Crippen molar-refractivity contribution in [3.05, 3.63) is 95.3 Å². The van der Waals surface area contributed by atoms with Gasteiger partial charge in [0.2, 0.25) is 0 Å². The number of amidine groups is 1. The zero-order valence-corrected chi connectivity index (χ0v) is 13.6. The molecule has 130 valence electrons. The molecule has 0 saturated heterocycles. The molecule has 0 aliphatic rings. The molecular formula is C20H15FN2O3. The molecule has 0 heterocycles. The molecule has 0 spiro atoms. The summed E-state index contributed by atoms with van der Waals surface area (Å²) in [5, 5.41) is 11.9. The Balaban J connectivity index is 2.03. The number of halogens is 1. The second kappa shape index (κ2) is 7.48. The van der Waals surface area contributed by atoms with Crippen LogP contribution in [0, 0.1) is 5.82 Å². The summed E-state index contributed by atoms with van der Waals surface area (Å²) in [4.78, 5) is 12.8. The lowest BCUT2D eigenvalue weighted by atomic mass is 9.97.